The molecule has 3 N–H and O–H groups in total. The fourth-order valence-electron chi connectivity index (χ4n) is 2.24. The van der Waals surface area contributed by atoms with E-state index >= 15 is 0 Å². The van der Waals surface area contributed by atoms with Crippen LogP contribution in [0.5, 0.6) is 0 Å². The maximum atomic E-state index is 11.9. The number of hydrogen-bond acceptors (Lipinski definition) is 3. The van der Waals surface area contributed by atoms with Crippen molar-refractivity contribution in [3.05, 3.63) is 24.3 Å². The van der Waals surface area contributed by atoms with E-state index in [-0.39, 0.29) is 5.91 Å². The van der Waals surface area contributed by atoms with Crippen molar-refractivity contribution in [3.63, 3.8) is 0 Å². The largest absolute Gasteiger partial charge is 0.397 e. The van der Waals surface area contributed by atoms with E-state index in [1.54, 1.807) is 6.07 Å². The fourth-order valence-corrected chi connectivity index (χ4v) is 2.24. The van der Waals surface area contributed by atoms with Gasteiger partial charge in [-0.05, 0) is 37.6 Å². The van der Waals surface area contributed by atoms with E-state index in [1.807, 2.05) is 18.2 Å². The third kappa shape index (κ3) is 6.63. The van der Waals surface area contributed by atoms with Gasteiger partial charge in [0.25, 0.3) is 0 Å². The third-order valence-corrected chi connectivity index (χ3v) is 3.83. The number of para-hydroxylation sites is 2. The van der Waals surface area contributed by atoms with Crippen molar-refractivity contribution in [2.75, 3.05) is 30.7 Å². The molecule has 118 valence electrons. The Bertz CT molecular complexity index is 434. The van der Waals surface area contributed by atoms with Gasteiger partial charge in [-0.2, -0.15) is 0 Å². The average molecular weight is 291 g/mol. The van der Waals surface area contributed by atoms with Gasteiger partial charge < -0.3 is 16.0 Å². The highest BCUT2D eigenvalue weighted by Gasteiger charge is 2.09. The first-order valence-electron chi connectivity index (χ1n) is 7.93. The molecule has 0 saturated heterocycles. The van der Waals surface area contributed by atoms with Crippen molar-refractivity contribution in [2.24, 2.45) is 5.92 Å². The fraction of sp³-hybridized carbons (Fsp3) is 0.588. The lowest BCUT2D eigenvalue weighted by molar-refractivity contribution is -0.116. The van der Waals surface area contributed by atoms with E-state index in [1.165, 1.54) is 6.42 Å². The number of hydrogen-bond donors (Lipinski definition) is 2. The zero-order chi connectivity index (χ0) is 15.7. The van der Waals surface area contributed by atoms with E-state index in [9.17, 15) is 4.79 Å². The van der Waals surface area contributed by atoms with Gasteiger partial charge in [0, 0.05) is 13.0 Å². The Morgan fingerprint density at radius 2 is 2.05 bits per heavy atom. The van der Waals surface area contributed by atoms with Crippen molar-refractivity contribution >= 4 is 17.3 Å². The summed E-state index contributed by atoms with van der Waals surface area (Å²) in [7, 11) is 0. The molecule has 0 aliphatic carbocycles. The molecule has 0 aliphatic rings. The Morgan fingerprint density at radius 1 is 1.33 bits per heavy atom. The number of amides is 1. The van der Waals surface area contributed by atoms with E-state index in [2.05, 4.69) is 31.0 Å². The molecule has 0 aliphatic heterocycles. The summed E-state index contributed by atoms with van der Waals surface area (Å²) in [6, 6.07) is 7.35. The molecule has 0 spiro atoms. The van der Waals surface area contributed by atoms with Gasteiger partial charge in [0.05, 0.1) is 11.4 Å². The van der Waals surface area contributed by atoms with Gasteiger partial charge >= 0.3 is 0 Å². The Balaban J connectivity index is 2.31. The van der Waals surface area contributed by atoms with Crippen LogP contribution >= 0.6 is 0 Å². The van der Waals surface area contributed by atoms with Crippen LogP contribution in [0.4, 0.5) is 11.4 Å². The van der Waals surface area contributed by atoms with Crippen LogP contribution in [0.25, 0.3) is 0 Å². The summed E-state index contributed by atoms with van der Waals surface area (Å²) in [5.41, 5.74) is 7.13. The number of nitrogens with one attached hydrogen (secondary N) is 1. The second-order valence-electron chi connectivity index (χ2n) is 5.65. The van der Waals surface area contributed by atoms with Gasteiger partial charge in [-0.3, -0.25) is 4.79 Å². The van der Waals surface area contributed by atoms with Crippen LogP contribution in [0.15, 0.2) is 24.3 Å². The van der Waals surface area contributed by atoms with Crippen molar-refractivity contribution in [3.8, 4) is 0 Å². The standard InChI is InChI=1S/C17H29N3O/c1-4-14(3)13-20(5-2)12-8-11-17(21)19-16-10-7-6-9-15(16)18/h6-7,9-10,14H,4-5,8,11-13,18H2,1-3H3,(H,19,21). The summed E-state index contributed by atoms with van der Waals surface area (Å²) >= 11 is 0. The first-order valence-corrected chi connectivity index (χ1v) is 7.93. The number of nitrogens with two attached hydrogens (primary N) is 1. The molecule has 1 unspecified atom stereocenters. The molecule has 0 radical (unpaired) electrons. The normalized spacial score (nSPS) is 12.4. The lowest BCUT2D eigenvalue weighted by Gasteiger charge is -2.23. The molecule has 4 heteroatoms. The van der Waals surface area contributed by atoms with Gasteiger partial charge in [-0.1, -0.05) is 39.3 Å². The smallest absolute Gasteiger partial charge is 0.224 e. The summed E-state index contributed by atoms with van der Waals surface area (Å²) < 4.78 is 0. The first-order chi connectivity index (χ1) is 10.1. The molecule has 21 heavy (non-hydrogen) atoms. The highest BCUT2D eigenvalue weighted by atomic mass is 16.1. The predicted octanol–water partition coefficient (Wildman–Crippen LogP) is 3.36. The zero-order valence-corrected chi connectivity index (χ0v) is 13.6. The van der Waals surface area contributed by atoms with Crippen molar-refractivity contribution in [1.29, 1.82) is 0 Å². The first kappa shape index (κ1) is 17.5. The maximum absolute atomic E-state index is 11.9. The van der Waals surface area contributed by atoms with Gasteiger partial charge in [0.15, 0.2) is 0 Å². The minimum atomic E-state index is 0.0347. The number of anilines is 2. The lowest BCUT2D eigenvalue weighted by atomic mass is 10.1. The number of nitrogens with zero attached hydrogens (tertiary/aromatic N) is 1. The van der Waals surface area contributed by atoms with E-state index in [4.69, 9.17) is 5.73 Å². The number of carbonyl (C=O) groups is 1. The number of nitrogen functional groups attached to an aromatic ring is 1. The molecular formula is C17H29N3O. The van der Waals surface area contributed by atoms with Crippen molar-refractivity contribution < 1.29 is 4.79 Å². The Morgan fingerprint density at radius 3 is 2.67 bits per heavy atom. The molecule has 4 nitrogen and oxygen atoms in total. The molecular weight excluding hydrogens is 262 g/mol. The van der Waals surface area contributed by atoms with Crippen molar-refractivity contribution in [2.45, 2.75) is 40.0 Å². The summed E-state index contributed by atoms with van der Waals surface area (Å²) in [4.78, 5) is 14.3. The SMILES string of the molecule is CCC(C)CN(CC)CCCC(=O)Nc1ccccc1N. The van der Waals surface area contributed by atoms with Crippen LogP contribution in [0.2, 0.25) is 0 Å². The second-order valence-corrected chi connectivity index (χ2v) is 5.65. The van der Waals surface area contributed by atoms with Gasteiger partial charge in [-0.15, -0.1) is 0 Å². The third-order valence-electron chi connectivity index (χ3n) is 3.83. The van der Waals surface area contributed by atoms with Crippen LogP contribution in [0.1, 0.15) is 40.0 Å². The Hall–Kier alpha value is -1.55. The molecule has 0 saturated carbocycles. The quantitative estimate of drug-likeness (QED) is 0.686. The second kappa shape index (κ2) is 9.40. The molecule has 1 aromatic rings. The summed E-state index contributed by atoms with van der Waals surface area (Å²) in [5, 5.41) is 2.87. The van der Waals surface area contributed by atoms with Crippen LogP contribution in [-0.2, 0) is 4.79 Å². The summed E-state index contributed by atoms with van der Waals surface area (Å²) in [5.74, 6) is 0.746. The van der Waals surface area contributed by atoms with Crippen LogP contribution < -0.4 is 11.1 Å². The molecule has 0 aromatic heterocycles. The van der Waals surface area contributed by atoms with E-state index in [0.717, 1.165) is 26.1 Å². The van der Waals surface area contributed by atoms with Gasteiger partial charge in [-0.25, -0.2) is 0 Å². The Labute approximate surface area is 128 Å². The van der Waals surface area contributed by atoms with Crippen LogP contribution in [0, 0.1) is 5.92 Å². The Kier molecular flexibility index (Phi) is 7.83. The van der Waals surface area contributed by atoms with E-state index in [0.29, 0.717) is 23.7 Å². The van der Waals surface area contributed by atoms with Crippen molar-refractivity contribution in [1.82, 2.24) is 4.90 Å². The predicted molar refractivity (Wildman–Crippen MR) is 90.3 cm³/mol. The molecule has 1 aromatic carbocycles. The maximum Gasteiger partial charge on any atom is 0.224 e. The molecule has 0 fully saturated rings. The summed E-state index contributed by atoms with van der Waals surface area (Å²) in [6.45, 7) is 9.78. The summed E-state index contributed by atoms with van der Waals surface area (Å²) in [6.07, 6.45) is 2.61. The topological polar surface area (TPSA) is 58.4 Å². The number of rotatable bonds is 9. The number of benzene rings is 1. The molecule has 0 bridgehead atoms. The van der Waals surface area contributed by atoms with E-state index < -0.39 is 0 Å². The van der Waals surface area contributed by atoms with Gasteiger partial charge in [0.2, 0.25) is 5.91 Å². The molecule has 0 heterocycles. The molecule has 1 rings (SSSR count). The zero-order valence-electron chi connectivity index (χ0n) is 13.6. The highest BCUT2D eigenvalue weighted by Crippen LogP contribution is 2.17. The van der Waals surface area contributed by atoms with Gasteiger partial charge in [0.1, 0.15) is 0 Å². The lowest BCUT2D eigenvalue weighted by Crippen LogP contribution is -2.30. The minimum absolute atomic E-state index is 0.0347. The monoisotopic (exact) mass is 291 g/mol. The molecule has 1 atom stereocenters. The average Bonchev–Trinajstić information content (AvgIpc) is 2.48. The highest BCUT2D eigenvalue weighted by molar-refractivity contribution is 5.93. The number of carbonyl (C=O) groups excluding carboxylic acids is 1. The molecule has 1 amide bonds. The van der Waals surface area contributed by atoms with Crippen LogP contribution in [-0.4, -0.2) is 30.4 Å². The minimum Gasteiger partial charge on any atom is -0.397 e. The van der Waals surface area contributed by atoms with Crippen LogP contribution in [0.3, 0.4) is 0 Å².